The lowest BCUT2D eigenvalue weighted by Gasteiger charge is -2.27. The molecular weight excluding hydrogens is 439 g/mol. The maximum Gasteiger partial charge on any atom is 0.326 e. The Labute approximate surface area is 197 Å². The number of amides is 2. The van der Waals surface area contributed by atoms with Crippen molar-refractivity contribution in [3.8, 4) is 11.5 Å². The van der Waals surface area contributed by atoms with Crippen molar-refractivity contribution in [2.45, 2.75) is 44.6 Å². The minimum Gasteiger partial charge on any atom is -0.480 e. The zero-order chi connectivity index (χ0) is 24.1. The first-order valence-corrected chi connectivity index (χ1v) is 11.7. The van der Waals surface area contributed by atoms with Crippen LogP contribution in [0, 0.1) is 17.7 Å². The van der Waals surface area contributed by atoms with E-state index in [0.717, 1.165) is 25.7 Å². The summed E-state index contributed by atoms with van der Waals surface area (Å²) in [7, 11) is 0. The number of nitrogens with one attached hydrogen (secondary N) is 1. The molecular formula is C26H29FN2O5. The Balaban J connectivity index is 1.31. The molecule has 1 aliphatic carbocycles. The normalized spacial score (nSPS) is 20.7. The minimum atomic E-state index is -0.991. The summed E-state index contributed by atoms with van der Waals surface area (Å²) in [5.41, 5.74) is 0.343. The number of carbonyl (C=O) groups excluding carboxylic acids is 2. The number of ether oxygens (including phenoxy) is 1. The first-order chi connectivity index (χ1) is 16.4. The Bertz CT molecular complexity index is 1020. The van der Waals surface area contributed by atoms with Crippen LogP contribution in [0.5, 0.6) is 11.5 Å². The van der Waals surface area contributed by atoms with E-state index >= 15 is 0 Å². The highest BCUT2D eigenvalue weighted by Crippen LogP contribution is 2.37. The number of hydrogen-bond acceptors (Lipinski definition) is 4. The average molecular weight is 469 g/mol. The first kappa shape index (κ1) is 23.7. The molecule has 2 aromatic carbocycles. The molecule has 0 spiro atoms. The van der Waals surface area contributed by atoms with Crippen LogP contribution in [-0.4, -0.2) is 46.9 Å². The smallest absolute Gasteiger partial charge is 0.326 e. The lowest BCUT2D eigenvalue weighted by atomic mass is 9.79. The van der Waals surface area contributed by atoms with Crippen LogP contribution >= 0.6 is 0 Å². The lowest BCUT2D eigenvalue weighted by molar-refractivity contribution is -0.147. The highest BCUT2D eigenvalue weighted by molar-refractivity contribution is 5.97. The SMILES string of the molecule is O=C(NCC(=O)N1CC(C2CCCCC2)C[C@H]1C(=O)O)c1ccc(Oc2ccc(F)cc2)cc1. The third kappa shape index (κ3) is 5.73. The fraction of sp³-hybridized carbons (Fsp3) is 0.423. The summed E-state index contributed by atoms with van der Waals surface area (Å²) in [5.74, 6) is -0.541. The molecule has 2 atom stereocenters. The van der Waals surface area contributed by atoms with Gasteiger partial charge >= 0.3 is 5.97 Å². The van der Waals surface area contributed by atoms with Crippen molar-refractivity contribution in [3.63, 3.8) is 0 Å². The van der Waals surface area contributed by atoms with Gasteiger partial charge in [0.2, 0.25) is 5.91 Å². The molecule has 34 heavy (non-hydrogen) atoms. The predicted molar refractivity (Wildman–Crippen MR) is 123 cm³/mol. The fourth-order valence-electron chi connectivity index (χ4n) is 5.00. The van der Waals surface area contributed by atoms with E-state index in [4.69, 9.17) is 4.74 Å². The van der Waals surface area contributed by atoms with Crippen molar-refractivity contribution in [3.05, 3.63) is 59.9 Å². The maximum absolute atomic E-state index is 13.0. The summed E-state index contributed by atoms with van der Waals surface area (Å²) in [4.78, 5) is 38.5. The summed E-state index contributed by atoms with van der Waals surface area (Å²) in [5, 5.41) is 12.2. The third-order valence-corrected chi connectivity index (χ3v) is 6.82. The quantitative estimate of drug-likeness (QED) is 0.634. The van der Waals surface area contributed by atoms with Crippen molar-refractivity contribution >= 4 is 17.8 Å². The number of likely N-dealkylation sites (tertiary alicyclic amines) is 1. The summed E-state index contributed by atoms with van der Waals surface area (Å²) in [6.45, 7) is 0.180. The average Bonchev–Trinajstić information content (AvgIpc) is 3.31. The molecule has 180 valence electrons. The van der Waals surface area contributed by atoms with Crippen molar-refractivity contribution in [2.24, 2.45) is 11.8 Å². The maximum atomic E-state index is 13.0. The van der Waals surface area contributed by atoms with Gasteiger partial charge in [0.15, 0.2) is 0 Å². The molecule has 1 unspecified atom stereocenters. The molecule has 0 aromatic heterocycles. The fourth-order valence-corrected chi connectivity index (χ4v) is 5.00. The molecule has 2 amide bonds. The van der Waals surface area contributed by atoms with Crippen molar-refractivity contribution in [1.82, 2.24) is 10.2 Å². The van der Waals surface area contributed by atoms with E-state index in [-0.39, 0.29) is 24.2 Å². The highest BCUT2D eigenvalue weighted by Gasteiger charge is 2.42. The monoisotopic (exact) mass is 468 g/mol. The van der Waals surface area contributed by atoms with E-state index < -0.39 is 17.9 Å². The predicted octanol–water partition coefficient (Wildman–Crippen LogP) is 4.23. The van der Waals surface area contributed by atoms with Crippen LogP contribution < -0.4 is 10.1 Å². The number of carboxylic acids is 1. The van der Waals surface area contributed by atoms with Crippen LogP contribution in [0.25, 0.3) is 0 Å². The van der Waals surface area contributed by atoms with Crippen LogP contribution in [0.4, 0.5) is 4.39 Å². The summed E-state index contributed by atoms with van der Waals surface area (Å²) in [6, 6.07) is 11.1. The molecule has 7 nitrogen and oxygen atoms in total. The summed E-state index contributed by atoms with van der Waals surface area (Å²) >= 11 is 0. The number of nitrogens with zero attached hydrogens (tertiary/aromatic N) is 1. The van der Waals surface area contributed by atoms with Crippen LogP contribution in [0.3, 0.4) is 0 Å². The second-order valence-electron chi connectivity index (χ2n) is 9.06. The molecule has 2 aliphatic rings. The van der Waals surface area contributed by atoms with Gasteiger partial charge in [-0.05, 0) is 66.8 Å². The topological polar surface area (TPSA) is 95.9 Å². The molecule has 1 aliphatic heterocycles. The number of hydrogen-bond donors (Lipinski definition) is 2. The first-order valence-electron chi connectivity index (χ1n) is 11.7. The zero-order valence-corrected chi connectivity index (χ0v) is 18.9. The van der Waals surface area contributed by atoms with Gasteiger partial charge in [0, 0.05) is 12.1 Å². The third-order valence-electron chi connectivity index (χ3n) is 6.82. The summed E-state index contributed by atoms with van der Waals surface area (Å²) < 4.78 is 18.6. The lowest BCUT2D eigenvalue weighted by Crippen LogP contribution is -2.45. The molecule has 2 N–H and O–H groups in total. The number of aliphatic carboxylic acids is 1. The molecule has 0 radical (unpaired) electrons. The molecule has 1 heterocycles. The van der Waals surface area contributed by atoms with Gasteiger partial charge < -0.3 is 20.1 Å². The number of halogens is 1. The van der Waals surface area contributed by atoms with E-state index in [0.29, 0.717) is 35.9 Å². The number of carboxylic acid groups (broad SMARTS) is 1. The Kier molecular flexibility index (Phi) is 7.45. The van der Waals surface area contributed by atoms with E-state index in [2.05, 4.69) is 5.32 Å². The molecule has 8 heteroatoms. The van der Waals surface area contributed by atoms with E-state index in [1.165, 1.54) is 35.6 Å². The van der Waals surface area contributed by atoms with Crippen LogP contribution in [-0.2, 0) is 9.59 Å². The van der Waals surface area contributed by atoms with Crippen molar-refractivity contribution < 1.29 is 28.6 Å². The van der Waals surface area contributed by atoms with Gasteiger partial charge in [0.05, 0.1) is 6.54 Å². The second-order valence-corrected chi connectivity index (χ2v) is 9.06. The molecule has 0 bridgehead atoms. The number of benzene rings is 2. The Morgan fingerprint density at radius 1 is 0.941 bits per heavy atom. The Morgan fingerprint density at radius 3 is 2.18 bits per heavy atom. The summed E-state index contributed by atoms with van der Waals surface area (Å²) in [6.07, 6.45) is 6.22. The molecule has 4 rings (SSSR count). The van der Waals surface area contributed by atoms with Gasteiger partial charge in [0.25, 0.3) is 5.91 Å². The van der Waals surface area contributed by atoms with E-state index in [1.807, 2.05) is 0 Å². The van der Waals surface area contributed by atoms with E-state index in [1.54, 1.807) is 24.3 Å². The van der Waals surface area contributed by atoms with Crippen LogP contribution in [0.15, 0.2) is 48.5 Å². The minimum absolute atomic E-state index is 0.203. The van der Waals surface area contributed by atoms with Gasteiger partial charge in [-0.15, -0.1) is 0 Å². The van der Waals surface area contributed by atoms with Gasteiger partial charge in [-0.2, -0.15) is 0 Å². The van der Waals surface area contributed by atoms with Gasteiger partial charge in [-0.3, -0.25) is 9.59 Å². The zero-order valence-electron chi connectivity index (χ0n) is 18.9. The van der Waals surface area contributed by atoms with Gasteiger partial charge in [-0.1, -0.05) is 32.1 Å². The molecule has 1 saturated heterocycles. The second kappa shape index (κ2) is 10.7. The van der Waals surface area contributed by atoms with Crippen molar-refractivity contribution in [1.29, 1.82) is 0 Å². The Hall–Kier alpha value is -3.42. The molecule has 2 fully saturated rings. The number of rotatable bonds is 7. The largest absolute Gasteiger partial charge is 0.480 e. The van der Waals surface area contributed by atoms with Gasteiger partial charge in [-0.25, -0.2) is 9.18 Å². The van der Waals surface area contributed by atoms with Crippen LogP contribution in [0.2, 0.25) is 0 Å². The Morgan fingerprint density at radius 2 is 1.56 bits per heavy atom. The molecule has 2 aromatic rings. The standard InChI is InChI=1S/C26H29FN2O5/c27-20-8-12-22(13-9-20)34-21-10-6-18(7-11-21)25(31)28-15-24(30)29-16-19(14-23(29)26(32)33)17-4-2-1-3-5-17/h6-13,17,19,23H,1-5,14-16H2,(H,28,31)(H,32,33)/t19?,23-/m0/s1. The highest BCUT2D eigenvalue weighted by atomic mass is 19.1. The van der Waals surface area contributed by atoms with Gasteiger partial charge in [0.1, 0.15) is 23.4 Å². The number of carbonyl (C=O) groups is 3. The van der Waals surface area contributed by atoms with E-state index in [9.17, 15) is 23.9 Å². The van der Waals surface area contributed by atoms with Crippen LogP contribution in [0.1, 0.15) is 48.9 Å². The van der Waals surface area contributed by atoms with Crippen molar-refractivity contribution in [2.75, 3.05) is 13.1 Å². The molecule has 1 saturated carbocycles.